The lowest BCUT2D eigenvalue weighted by atomic mass is 9.97. The zero-order valence-electron chi connectivity index (χ0n) is 13.7. The minimum absolute atomic E-state index is 0.104. The van der Waals surface area contributed by atoms with Crippen molar-refractivity contribution >= 4 is 29.0 Å². The minimum Gasteiger partial charge on any atom is -0.378 e. The highest BCUT2D eigenvalue weighted by Gasteiger charge is 2.33. The van der Waals surface area contributed by atoms with E-state index in [0.717, 1.165) is 30.2 Å². The van der Waals surface area contributed by atoms with Crippen molar-refractivity contribution in [3.05, 3.63) is 41.2 Å². The number of rotatable bonds is 3. The summed E-state index contributed by atoms with van der Waals surface area (Å²) in [5.41, 5.74) is 2.68. The van der Waals surface area contributed by atoms with Crippen molar-refractivity contribution in [2.24, 2.45) is 0 Å². The van der Waals surface area contributed by atoms with Gasteiger partial charge in [-0.2, -0.15) is 5.10 Å². The van der Waals surface area contributed by atoms with Gasteiger partial charge in [-0.3, -0.25) is 5.10 Å². The number of nitrogens with zero attached hydrogens (tertiary/aromatic N) is 3. The Morgan fingerprint density at radius 2 is 2.08 bits per heavy atom. The lowest BCUT2D eigenvalue weighted by Gasteiger charge is -2.39. The zero-order chi connectivity index (χ0) is 17.2. The van der Waals surface area contributed by atoms with Crippen LogP contribution >= 0.6 is 11.6 Å². The number of carbonyl (C=O) groups is 1. The van der Waals surface area contributed by atoms with Gasteiger partial charge >= 0.3 is 6.03 Å². The summed E-state index contributed by atoms with van der Waals surface area (Å²) >= 11 is 6.41. The monoisotopic (exact) mass is 361 g/mol. The molecule has 0 bridgehead atoms. The van der Waals surface area contributed by atoms with E-state index in [9.17, 15) is 4.79 Å². The van der Waals surface area contributed by atoms with Gasteiger partial charge in [-0.1, -0.05) is 17.7 Å². The molecule has 0 saturated carbocycles. The van der Waals surface area contributed by atoms with Crippen molar-refractivity contribution in [1.29, 1.82) is 0 Å². The molecule has 2 aliphatic heterocycles. The normalized spacial score (nSPS) is 18.1. The van der Waals surface area contributed by atoms with Crippen molar-refractivity contribution in [3.8, 4) is 0 Å². The summed E-state index contributed by atoms with van der Waals surface area (Å²) in [6.07, 6.45) is 1.73. The molecule has 25 heavy (non-hydrogen) atoms. The van der Waals surface area contributed by atoms with Gasteiger partial charge < -0.3 is 19.9 Å². The summed E-state index contributed by atoms with van der Waals surface area (Å²) in [5.74, 6) is 0.325. The number of H-pyrrole nitrogens is 1. The predicted octanol–water partition coefficient (Wildman–Crippen LogP) is 2.53. The quantitative estimate of drug-likeness (QED) is 0.881. The summed E-state index contributed by atoms with van der Waals surface area (Å²) in [6.45, 7) is 4.21. The molecule has 1 aromatic heterocycles. The number of para-hydroxylation sites is 1. The number of hydrogen-bond donors (Lipinski definition) is 2. The van der Waals surface area contributed by atoms with Crippen LogP contribution in [0.25, 0.3) is 0 Å². The molecule has 4 rings (SSSR count). The number of hydrogen-bond acceptors (Lipinski definition) is 4. The summed E-state index contributed by atoms with van der Waals surface area (Å²) < 4.78 is 5.41. The molecule has 2 aromatic rings. The van der Waals surface area contributed by atoms with Crippen molar-refractivity contribution in [1.82, 2.24) is 15.1 Å². The third-order valence-electron chi connectivity index (χ3n) is 4.69. The van der Waals surface area contributed by atoms with E-state index < -0.39 is 0 Å². The number of morpholine rings is 1. The standard InChI is InChI=1S/C17H20ClN5O2/c18-13-2-1-3-15(16(13)22-6-8-25-9-7-22)20-17(24)23-10-12(11-23)14-4-5-19-21-14/h1-5,12H,6-11H2,(H,19,21)(H,20,24). The van der Waals surface area contributed by atoms with Crippen LogP contribution in [-0.4, -0.2) is 60.5 Å². The Balaban J connectivity index is 1.44. The van der Waals surface area contributed by atoms with E-state index in [1.54, 1.807) is 11.1 Å². The van der Waals surface area contributed by atoms with E-state index in [2.05, 4.69) is 20.4 Å². The molecule has 2 N–H and O–H groups in total. The minimum atomic E-state index is -0.104. The maximum atomic E-state index is 12.6. The Morgan fingerprint density at radius 3 is 2.80 bits per heavy atom. The number of carbonyl (C=O) groups excluding carboxylic acids is 1. The van der Waals surface area contributed by atoms with Gasteiger partial charge in [0.2, 0.25) is 0 Å². The number of aromatic nitrogens is 2. The van der Waals surface area contributed by atoms with E-state index in [0.29, 0.717) is 37.2 Å². The third kappa shape index (κ3) is 3.29. The van der Waals surface area contributed by atoms with Crippen LogP contribution in [0.15, 0.2) is 30.5 Å². The highest BCUT2D eigenvalue weighted by Crippen LogP contribution is 2.35. The fraction of sp³-hybridized carbons (Fsp3) is 0.412. The Hall–Kier alpha value is -2.25. The fourth-order valence-corrected chi connectivity index (χ4v) is 3.55. The molecule has 2 aliphatic rings. The topological polar surface area (TPSA) is 73.5 Å². The summed E-state index contributed by atoms with van der Waals surface area (Å²) in [5, 5.41) is 10.6. The van der Waals surface area contributed by atoms with Gasteiger partial charge in [-0.05, 0) is 18.2 Å². The average molecular weight is 362 g/mol. The van der Waals surface area contributed by atoms with Gasteiger partial charge in [-0.25, -0.2) is 4.79 Å². The number of ether oxygens (including phenoxy) is 1. The Bertz CT molecular complexity index is 740. The molecule has 2 saturated heterocycles. The number of nitrogens with one attached hydrogen (secondary N) is 2. The first-order chi connectivity index (χ1) is 12.2. The van der Waals surface area contributed by atoms with Crippen molar-refractivity contribution in [3.63, 3.8) is 0 Å². The van der Waals surface area contributed by atoms with Gasteiger partial charge in [0.15, 0.2) is 0 Å². The largest absolute Gasteiger partial charge is 0.378 e. The van der Waals surface area contributed by atoms with Gasteiger partial charge in [0.25, 0.3) is 0 Å². The second kappa shape index (κ2) is 6.93. The van der Waals surface area contributed by atoms with Crippen LogP contribution in [0.4, 0.5) is 16.2 Å². The highest BCUT2D eigenvalue weighted by molar-refractivity contribution is 6.34. The molecular weight excluding hydrogens is 342 g/mol. The molecule has 0 unspecified atom stereocenters. The number of aromatic amines is 1. The second-order valence-electron chi connectivity index (χ2n) is 6.28. The van der Waals surface area contributed by atoms with Gasteiger partial charge in [0, 0.05) is 44.0 Å². The highest BCUT2D eigenvalue weighted by atomic mass is 35.5. The van der Waals surface area contributed by atoms with Crippen LogP contribution in [0.5, 0.6) is 0 Å². The fourth-order valence-electron chi connectivity index (χ4n) is 3.25. The van der Waals surface area contributed by atoms with Crippen LogP contribution < -0.4 is 10.2 Å². The van der Waals surface area contributed by atoms with E-state index in [1.165, 1.54) is 0 Å². The first kappa shape index (κ1) is 16.2. The Kier molecular flexibility index (Phi) is 4.50. The van der Waals surface area contributed by atoms with Gasteiger partial charge in [0.1, 0.15) is 0 Å². The SMILES string of the molecule is O=C(Nc1cccc(Cl)c1N1CCOCC1)N1CC(c2ccn[nH]2)C1. The van der Waals surface area contributed by atoms with E-state index in [4.69, 9.17) is 16.3 Å². The van der Waals surface area contributed by atoms with Crippen LogP contribution in [-0.2, 0) is 4.74 Å². The smallest absolute Gasteiger partial charge is 0.321 e. The molecule has 8 heteroatoms. The molecule has 0 radical (unpaired) electrons. The summed E-state index contributed by atoms with van der Waals surface area (Å²) in [4.78, 5) is 16.5. The van der Waals surface area contributed by atoms with Crippen molar-refractivity contribution in [2.75, 3.05) is 49.6 Å². The van der Waals surface area contributed by atoms with Crippen molar-refractivity contribution < 1.29 is 9.53 Å². The molecule has 0 aliphatic carbocycles. The van der Waals surface area contributed by atoms with Crippen molar-refractivity contribution in [2.45, 2.75) is 5.92 Å². The van der Waals surface area contributed by atoms with E-state index in [1.807, 2.05) is 24.3 Å². The molecule has 1 aromatic carbocycles. The molecule has 2 amide bonds. The lowest BCUT2D eigenvalue weighted by molar-refractivity contribution is 0.123. The maximum absolute atomic E-state index is 12.6. The first-order valence-corrected chi connectivity index (χ1v) is 8.76. The van der Waals surface area contributed by atoms with Gasteiger partial charge in [-0.15, -0.1) is 0 Å². The first-order valence-electron chi connectivity index (χ1n) is 8.39. The van der Waals surface area contributed by atoms with Crippen LogP contribution in [0.3, 0.4) is 0 Å². The second-order valence-corrected chi connectivity index (χ2v) is 6.69. The Labute approximate surface area is 150 Å². The summed E-state index contributed by atoms with van der Waals surface area (Å²) in [7, 11) is 0. The molecular formula is C17H20ClN5O2. The average Bonchev–Trinajstić information content (AvgIpc) is 3.08. The predicted molar refractivity (Wildman–Crippen MR) is 96.4 cm³/mol. The molecule has 7 nitrogen and oxygen atoms in total. The maximum Gasteiger partial charge on any atom is 0.321 e. The molecule has 132 valence electrons. The molecule has 0 spiro atoms. The number of likely N-dealkylation sites (tertiary alicyclic amines) is 1. The van der Waals surface area contributed by atoms with Crippen LogP contribution in [0.1, 0.15) is 11.6 Å². The third-order valence-corrected chi connectivity index (χ3v) is 4.99. The van der Waals surface area contributed by atoms with E-state index >= 15 is 0 Å². The number of amides is 2. The van der Waals surface area contributed by atoms with Crippen LogP contribution in [0, 0.1) is 0 Å². The number of anilines is 2. The van der Waals surface area contributed by atoms with Crippen LogP contribution in [0.2, 0.25) is 5.02 Å². The Morgan fingerprint density at radius 1 is 1.28 bits per heavy atom. The number of benzene rings is 1. The van der Waals surface area contributed by atoms with Gasteiger partial charge in [0.05, 0.1) is 29.6 Å². The lowest BCUT2D eigenvalue weighted by Crippen LogP contribution is -2.50. The van der Waals surface area contributed by atoms with E-state index in [-0.39, 0.29) is 6.03 Å². The molecule has 2 fully saturated rings. The summed E-state index contributed by atoms with van der Waals surface area (Å²) in [6, 6.07) is 7.44. The molecule has 3 heterocycles. The zero-order valence-corrected chi connectivity index (χ0v) is 14.5. The number of urea groups is 1. The number of halogens is 1. The molecule has 0 atom stereocenters.